The van der Waals surface area contributed by atoms with Crippen molar-refractivity contribution in [3.8, 4) is 0 Å². The molecule has 0 radical (unpaired) electrons. The average molecular weight is 421 g/mol. The van der Waals surface area contributed by atoms with Gasteiger partial charge < -0.3 is 14.6 Å². The lowest BCUT2D eigenvalue weighted by atomic mass is 9.50. The third kappa shape index (κ3) is 4.11. The number of aliphatic hydroxyl groups is 1. The minimum Gasteiger partial charge on any atom is -0.466 e. The van der Waals surface area contributed by atoms with E-state index in [-0.39, 0.29) is 35.4 Å². The first-order valence-corrected chi connectivity index (χ1v) is 12.0. The number of rotatable bonds is 7. The Labute approximate surface area is 181 Å². The molecule has 0 aromatic rings. The van der Waals surface area contributed by atoms with E-state index in [0.717, 1.165) is 38.4 Å². The number of fused-ring (bicyclic) bond motifs is 1. The molecular weight excluding hydrogens is 380 g/mol. The molecule has 170 valence electrons. The van der Waals surface area contributed by atoms with Gasteiger partial charge in [-0.15, -0.1) is 0 Å². The van der Waals surface area contributed by atoms with Crippen LogP contribution in [0.2, 0.25) is 0 Å². The molecule has 5 heteroatoms. The summed E-state index contributed by atoms with van der Waals surface area (Å²) in [5.74, 6) is 1.23. The highest BCUT2D eigenvalue weighted by Crippen LogP contribution is 2.63. The molecular formula is C25H40O5. The Hall–Kier alpha value is -1.23. The maximum absolute atomic E-state index is 12.9. The molecule has 3 fully saturated rings. The first-order chi connectivity index (χ1) is 14.2. The number of hydrogen-bond acceptors (Lipinski definition) is 5. The Balaban J connectivity index is 1.74. The van der Waals surface area contributed by atoms with Gasteiger partial charge in [0.05, 0.1) is 12.7 Å². The Kier molecular flexibility index (Phi) is 7.11. The van der Waals surface area contributed by atoms with Crippen LogP contribution in [0.15, 0.2) is 0 Å². The number of hydrogen-bond donors (Lipinski definition) is 1. The van der Waals surface area contributed by atoms with Crippen LogP contribution in [0.3, 0.4) is 0 Å². The van der Waals surface area contributed by atoms with Gasteiger partial charge in [0.15, 0.2) is 0 Å². The highest BCUT2D eigenvalue weighted by atomic mass is 16.5. The summed E-state index contributed by atoms with van der Waals surface area (Å²) in [7, 11) is 0. The molecule has 3 aliphatic carbocycles. The monoisotopic (exact) mass is 420 g/mol. The van der Waals surface area contributed by atoms with E-state index in [1.165, 1.54) is 0 Å². The van der Waals surface area contributed by atoms with Crippen LogP contribution in [-0.2, 0) is 19.1 Å². The van der Waals surface area contributed by atoms with Gasteiger partial charge in [0.1, 0.15) is 12.1 Å². The fraction of sp³-hybridized carbons (Fsp3) is 0.880. The molecule has 0 aliphatic heterocycles. The summed E-state index contributed by atoms with van der Waals surface area (Å²) in [4.78, 5) is 37.1. The second kappa shape index (κ2) is 9.10. The third-order valence-electron chi connectivity index (χ3n) is 9.23. The van der Waals surface area contributed by atoms with Crippen LogP contribution in [0, 0.1) is 40.4 Å². The second-order valence-corrected chi connectivity index (χ2v) is 10.7. The molecule has 3 unspecified atom stereocenters. The molecule has 8 atom stereocenters. The van der Waals surface area contributed by atoms with Crippen molar-refractivity contribution in [1.29, 1.82) is 0 Å². The van der Waals surface area contributed by atoms with Gasteiger partial charge in [-0.3, -0.25) is 9.59 Å². The minimum absolute atomic E-state index is 0.0849. The van der Waals surface area contributed by atoms with E-state index in [4.69, 9.17) is 4.74 Å². The molecule has 3 rings (SSSR count). The summed E-state index contributed by atoms with van der Waals surface area (Å²) in [5, 5.41) is 9.92. The van der Waals surface area contributed by atoms with E-state index in [0.29, 0.717) is 43.6 Å². The smallest absolute Gasteiger partial charge is 0.305 e. The second-order valence-electron chi connectivity index (χ2n) is 10.7. The van der Waals surface area contributed by atoms with Gasteiger partial charge >= 0.3 is 5.97 Å². The van der Waals surface area contributed by atoms with Crippen LogP contribution < -0.4 is 0 Å². The molecule has 1 N–H and O–H groups in total. The molecule has 0 saturated heterocycles. The lowest BCUT2D eigenvalue weighted by Gasteiger charge is -2.53. The largest absolute Gasteiger partial charge is 0.466 e. The summed E-state index contributed by atoms with van der Waals surface area (Å²) < 4.78 is 5.10. The molecule has 5 nitrogen and oxygen atoms in total. The van der Waals surface area contributed by atoms with Crippen molar-refractivity contribution in [2.75, 3.05) is 6.61 Å². The van der Waals surface area contributed by atoms with Crippen LogP contribution in [0.4, 0.5) is 0 Å². The van der Waals surface area contributed by atoms with Crippen molar-refractivity contribution in [1.82, 2.24) is 0 Å². The average Bonchev–Trinajstić information content (AvgIpc) is 3.06. The summed E-state index contributed by atoms with van der Waals surface area (Å²) in [5.41, 5.74) is -0.399. The molecule has 0 aromatic heterocycles. The molecule has 30 heavy (non-hydrogen) atoms. The fourth-order valence-electron chi connectivity index (χ4n) is 7.43. The zero-order chi connectivity index (χ0) is 22.1. The van der Waals surface area contributed by atoms with Crippen molar-refractivity contribution < 1.29 is 24.2 Å². The lowest BCUT2D eigenvalue weighted by molar-refractivity contribution is -0.147. The first kappa shape index (κ1) is 23.4. The minimum atomic E-state index is -0.523. The van der Waals surface area contributed by atoms with E-state index in [1.807, 2.05) is 13.8 Å². The Morgan fingerprint density at radius 3 is 2.57 bits per heavy atom. The van der Waals surface area contributed by atoms with E-state index in [9.17, 15) is 19.5 Å². The summed E-state index contributed by atoms with van der Waals surface area (Å²) in [6.07, 6.45) is 7.52. The summed E-state index contributed by atoms with van der Waals surface area (Å²) >= 11 is 0. The SMILES string of the molecule is CCOC(=O)CC[C@@H](C)[C@H]1CCC2C(C=O)C([C@@]3(C)CC[C@H](O)CC3=O)CC[C@@]21C. The number of carbonyl (C=O) groups excluding carboxylic acids is 3. The topological polar surface area (TPSA) is 80.7 Å². The standard InChI is InChI=1S/C25H40O5/c1-5-30-23(29)9-6-16(2)19-7-8-20-18(15-26)21(11-13-24(19,20)3)25(4)12-10-17(27)14-22(25)28/h15-21,27H,5-14H2,1-4H3/t16-,17+,18?,19-,20?,21?,24-,25-/m1/s1. The zero-order valence-corrected chi connectivity index (χ0v) is 19.2. The lowest BCUT2D eigenvalue weighted by Crippen LogP contribution is -2.52. The summed E-state index contributed by atoms with van der Waals surface area (Å²) in [6, 6.07) is 0. The van der Waals surface area contributed by atoms with E-state index in [1.54, 1.807) is 0 Å². The van der Waals surface area contributed by atoms with Crippen molar-refractivity contribution in [3.05, 3.63) is 0 Å². The number of ketones is 1. The van der Waals surface area contributed by atoms with Crippen molar-refractivity contribution in [2.24, 2.45) is 40.4 Å². The van der Waals surface area contributed by atoms with Gasteiger partial charge in [-0.2, -0.15) is 0 Å². The van der Waals surface area contributed by atoms with Crippen LogP contribution in [0.5, 0.6) is 0 Å². The van der Waals surface area contributed by atoms with Crippen LogP contribution in [0.25, 0.3) is 0 Å². The highest BCUT2D eigenvalue weighted by molar-refractivity contribution is 5.86. The van der Waals surface area contributed by atoms with Crippen LogP contribution in [0.1, 0.15) is 85.5 Å². The molecule has 0 amide bonds. The third-order valence-corrected chi connectivity index (χ3v) is 9.23. The molecule has 0 spiro atoms. The number of ether oxygens (including phenoxy) is 1. The maximum atomic E-state index is 12.9. The number of esters is 1. The molecule has 0 aromatic carbocycles. The summed E-state index contributed by atoms with van der Waals surface area (Å²) in [6.45, 7) is 8.89. The van der Waals surface area contributed by atoms with E-state index < -0.39 is 11.5 Å². The highest BCUT2D eigenvalue weighted by Gasteiger charge is 2.59. The zero-order valence-electron chi connectivity index (χ0n) is 19.2. The van der Waals surface area contributed by atoms with Crippen molar-refractivity contribution >= 4 is 18.0 Å². The van der Waals surface area contributed by atoms with Crippen LogP contribution in [-0.4, -0.2) is 35.9 Å². The number of Topliss-reactive ketones (excluding diaryl/α,β-unsaturated/α-hetero) is 1. The van der Waals surface area contributed by atoms with Gasteiger partial charge in [-0.25, -0.2) is 0 Å². The van der Waals surface area contributed by atoms with Crippen LogP contribution >= 0.6 is 0 Å². The molecule has 3 saturated carbocycles. The maximum Gasteiger partial charge on any atom is 0.305 e. The van der Waals surface area contributed by atoms with E-state index >= 15 is 0 Å². The predicted molar refractivity (Wildman–Crippen MR) is 115 cm³/mol. The van der Waals surface area contributed by atoms with Crippen molar-refractivity contribution in [3.63, 3.8) is 0 Å². The molecule has 0 heterocycles. The number of carbonyl (C=O) groups is 3. The number of aldehydes is 1. The Morgan fingerprint density at radius 2 is 1.93 bits per heavy atom. The Bertz CT molecular complexity index is 660. The quantitative estimate of drug-likeness (QED) is 0.489. The van der Waals surface area contributed by atoms with Gasteiger partial charge in [-0.05, 0) is 81.0 Å². The normalized spacial score (nSPS) is 42.4. The van der Waals surface area contributed by atoms with Gasteiger partial charge in [0.25, 0.3) is 0 Å². The molecule has 0 bridgehead atoms. The first-order valence-electron chi connectivity index (χ1n) is 12.0. The van der Waals surface area contributed by atoms with Crippen molar-refractivity contribution in [2.45, 2.75) is 91.6 Å². The van der Waals surface area contributed by atoms with Gasteiger partial charge in [0, 0.05) is 24.2 Å². The van der Waals surface area contributed by atoms with E-state index in [2.05, 4.69) is 13.8 Å². The predicted octanol–water partition coefficient (Wildman–Crippen LogP) is 4.34. The number of aliphatic hydroxyl groups excluding tert-OH is 1. The molecule has 3 aliphatic rings. The van der Waals surface area contributed by atoms with Gasteiger partial charge in [0.2, 0.25) is 0 Å². The Morgan fingerprint density at radius 1 is 1.20 bits per heavy atom. The van der Waals surface area contributed by atoms with Gasteiger partial charge in [-0.1, -0.05) is 20.8 Å². The fourth-order valence-corrected chi connectivity index (χ4v) is 7.43.